The molecule has 3 rings (SSSR count). The number of rotatable bonds is 10. The number of pyridine rings is 1. The fourth-order valence-corrected chi connectivity index (χ4v) is 3.63. The molecule has 7 nitrogen and oxygen atoms in total. The average Bonchev–Trinajstić information content (AvgIpc) is 3.14. The topological polar surface area (TPSA) is 78.9 Å². The van der Waals surface area contributed by atoms with E-state index in [0.29, 0.717) is 43.0 Å². The van der Waals surface area contributed by atoms with Crippen molar-refractivity contribution in [1.29, 1.82) is 0 Å². The van der Waals surface area contributed by atoms with Gasteiger partial charge in [-0.15, -0.1) is 0 Å². The molecule has 1 amide bonds. The van der Waals surface area contributed by atoms with E-state index in [2.05, 4.69) is 32.7 Å². The predicted molar refractivity (Wildman–Crippen MR) is 124 cm³/mol. The van der Waals surface area contributed by atoms with Crippen LogP contribution in [0.5, 0.6) is 5.88 Å². The number of amides is 1. The Hall–Kier alpha value is -2.80. The van der Waals surface area contributed by atoms with Gasteiger partial charge in [0.2, 0.25) is 11.8 Å². The van der Waals surface area contributed by atoms with Crippen LogP contribution in [0.2, 0.25) is 5.02 Å². The van der Waals surface area contributed by atoms with Crippen molar-refractivity contribution in [3.05, 3.63) is 59.2 Å². The summed E-state index contributed by atoms with van der Waals surface area (Å²) >= 11 is 6.04. The summed E-state index contributed by atoms with van der Waals surface area (Å²) in [5, 5.41) is 6.97. The lowest BCUT2D eigenvalue weighted by Crippen LogP contribution is -2.39. The second-order valence-corrected chi connectivity index (χ2v) is 7.84. The first-order valence-electron chi connectivity index (χ1n) is 10.7. The third kappa shape index (κ3) is 7.43. The molecule has 0 spiro atoms. The van der Waals surface area contributed by atoms with Crippen LogP contribution < -0.4 is 15.4 Å². The smallest absolute Gasteiger partial charge is 0.232 e. The Morgan fingerprint density at radius 2 is 2.10 bits per heavy atom. The minimum atomic E-state index is 0.217. The molecule has 1 saturated heterocycles. The summed E-state index contributed by atoms with van der Waals surface area (Å²) in [4.78, 5) is 23.1. The number of hydrogen-bond donors (Lipinski definition) is 2. The maximum Gasteiger partial charge on any atom is 0.232 e. The van der Waals surface area contributed by atoms with Crippen molar-refractivity contribution in [1.82, 2.24) is 20.5 Å². The molecular weight excluding hydrogens is 414 g/mol. The number of carbonyl (C=O) groups excluding carboxylic acids is 1. The molecule has 0 bridgehead atoms. The number of ether oxygens (including phenoxy) is 1. The molecule has 1 fully saturated rings. The first-order valence-corrected chi connectivity index (χ1v) is 11.1. The largest absolute Gasteiger partial charge is 0.475 e. The number of benzene rings is 1. The zero-order valence-corrected chi connectivity index (χ0v) is 18.6. The van der Waals surface area contributed by atoms with Gasteiger partial charge in [-0.2, -0.15) is 0 Å². The number of guanidine groups is 1. The van der Waals surface area contributed by atoms with Crippen molar-refractivity contribution in [2.45, 2.75) is 19.8 Å². The highest BCUT2D eigenvalue weighted by atomic mass is 35.5. The molecule has 1 aromatic carbocycles. The fraction of sp³-hybridized carbons (Fsp3) is 0.435. The third-order valence-corrected chi connectivity index (χ3v) is 5.31. The van der Waals surface area contributed by atoms with Crippen LogP contribution in [0.3, 0.4) is 0 Å². The average molecular weight is 444 g/mol. The summed E-state index contributed by atoms with van der Waals surface area (Å²) < 4.78 is 5.60. The molecule has 1 aliphatic heterocycles. The van der Waals surface area contributed by atoms with E-state index in [0.717, 1.165) is 26.1 Å². The van der Waals surface area contributed by atoms with Crippen molar-refractivity contribution in [3.63, 3.8) is 0 Å². The summed E-state index contributed by atoms with van der Waals surface area (Å²) in [5.41, 5.74) is 1.25. The molecule has 166 valence electrons. The molecule has 1 aliphatic rings. The third-order valence-electron chi connectivity index (χ3n) is 5.02. The molecule has 2 heterocycles. The van der Waals surface area contributed by atoms with E-state index in [9.17, 15) is 4.79 Å². The van der Waals surface area contributed by atoms with Crippen molar-refractivity contribution in [3.8, 4) is 5.88 Å². The minimum Gasteiger partial charge on any atom is -0.475 e. The molecular formula is C23H30ClN5O2. The summed E-state index contributed by atoms with van der Waals surface area (Å²) in [6, 6.07) is 13.8. The van der Waals surface area contributed by atoms with E-state index in [-0.39, 0.29) is 11.8 Å². The number of nitrogens with one attached hydrogen (secondary N) is 2. The number of aromatic nitrogens is 1. The molecule has 0 aliphatic carbocycles. The number of carbonyl (C=O) groups is 1. The summed E-state index contributed by atoms with van der Waals surface area (Å²) in [6.45, 7) is 5.87. The van der Waals surface area contributed by atoms with Gasteiger partial charge < -0.3 is 20.3 Å². The van der Waals surface area contributed by atoms with Gasteiger partial charge >= 0.3 is 0 Å². The Balaban J connectivity index is 1.42. The van der Waals surface area contributed by atoms with Crippen LogP contribution in [0.15, 0.2) is 53.7 Å². The van der Waals surface area contributed by atoms with Crippen LogP contribution >= 0.6 is 11.6 Å². The standard InChI is InChI=1S/C23H30ClN5O2/c1-2-25-23(27-12-14-31-22-20(24)9-6-11-26-22)28-16-19-15-21(30)29(17-19)13-10-18-7-4-3-5-8-18/h3-9,11,19H,2,10,12-17H2,1H3,(H2,25,27,28). The lowest BCUT2D eigenvalue weighted by Gasteiger charge is -2.16. The fourth-order valence-electron chi connectivity index (χ4n) is 3.46. The van der Waals surface area contributed by atoms with Gasteiger partial charge in [0.25, 0.3) is 0 Å². The van der Waals surface area contributed by atoms with Crippen LogP contribution in [-0.2, 0) is 11.2 Å². The van der Waals surface area contributed by atoms with E-state index in [1.54, 1.807) is 18.3 Å². The molecule has 1 atom stereocenters. The Bertz CT molecular complexity index is 862. The normalized spacial score (nSPS) is 16.5. The first kappa shape index (κ1) is 22.9. The lowest BCUT2D eigenvalue weighted by molar-refractivity contribution is -0.127. The van der Waals surface area contributed by atoms with Gasteiger partial charge in [0.05, 0.1) is 6.54 Å². The van der Waals surface area contributed by atoms with Crippen molar-refractivity contribution in [2.75, 3.05) is 39.3 Å². The Morgan fingerprint density at radius 3 is 2.87 bits per heavy atom. The van der Waals surface area contributed by atoms with Gasteiger partial charge in [0.15, 0.2) is 5.96 Å². The number of aliphatic imine (C=N–C) groups is 1. The highest BCUT2D eigenvalue weighted by Gasteiger charge is 2.29. The van der Waals surface area contributed by atoms with Crippen LogP contribution in [-0.4, -0.2) is 61.1 Å². The maximum atomic E-state index is 12.4. The molecule has 8 heteroatoms. The van der Waals surface area contributed by atoms with Gasteiger partial charge in [-0.1, -0.05) is 41.9 Å². The number of hydrogen-bond acceptors (Lipinski definition) is 4. The van der Waals surface area contributed by atoms with Gasteiger partial charge in [-0.3, -0.25) is 9.79 Å². The Kier molecular flexibility index (Phi) is 8.97. The number of halogens is 1. The van der Waals surface area contributed by atoms with Crippen LogP contribution in [0.25, 0.3) is 0 Å². The highest BCUT2D eigenvalue weighted by Crippen LogP contribution is 2.20. The molecule has 0 radical (unpaired) electrons. The maximum absolute atomic E-state index is 12.4. The second-order valence-electron chi connectivity index (χ2n) is 7.43. The molecule has 1 unspecified atom stereocenters. The highest BCUT2D eigenvalue weighted by molar-refractivity contribution is 6.31. The lowest BCUT2D eigenvalue weighted by atomic mass is 10.1. The number of likely N-dealkylation sites (tertiary alicyclic amines) is 1. The van der Waals surface area contributed by atoms with Gasteiger partial charge in [0, 0.05) is 44.7 Å². The van der Waals surface area contributed by atoms with E-state index in [4.69, 9.17) is 16.3 Å². The molecule has 1 aromatic heterocycles. The quantitative estimate of drug-likeness (QED) is 0.335. The van der Waals surface area contributed by atoms with Gasteiger partial charge in [-0.25, -0.2) is 4.98 Å². The monoisotopic (exact) mass is 443 g/mol. The van der Waals surface area contributed by atoms with Crippen LogP contribution in [0.4, 0.5) is 0 Å². The van der Waals surface area contributed by atoms with Crippen molar-refractivity contribution >= 4 is 23.5 Å². The van der Waals surface area contributed by atoms with E-state index in [1.165, 1.54) is 5.56 Å². The van der Waals surface area contributed by atoms with E-state index in [1.807, 2.05) is 30.0 Å². The van der Waals surface area contributed by atoms with Gasteiger partial charge in [-0.05, 0) is 31.0 Å². The predicted octanol–water partition coefficient (Wildman–Crippen LogP) is 2.76. The minimum absolute atomic E-state index is 0.217. The molecule has 0 saturated carbocycles. The zero-order chi connectivity index (χ0) is 21.9. The Labute approximate surface area is 188 Å². The van der Waals surface area contributed by atoms with E-state index >= 15 is 0 Å². The van der Waals surface area contributed by atoms with Crippen molar-refractivity contribution in [2.24, 2.45) is 10.9 Å². The van der Waals surface area contributed by atoms with Crippen LogP contribution in [0, 0.1) is 5.92 Å². The first-order chi connectivity index (χ1) is 15.2. The SMILES string of the molecule is CCNC(=NCC1CC(=O)N(CCc2ccccc2)C1)NCCOc1ncccc1Cl. The number of nitrogens with zero attached hydrogens (tertiary/aromatic N) is 3. The van der Waals surface area contributed by atoms with Gasteiger partial charge in [0.1, 0.15) is 11.6 Å². The molecule has 31 heavy (non-hydrogen) atoms. The molecule has 2 N–H and O–H groups in total. The summed E-state index contributed by atoms with van der Waals surface area (Å²) in [6.07, 6.45) is 3.08. The Morgan fingerprint density at radius 1 is 1.26 bits per heavy atom. The summed E-state index contributed by atoms with van der Waals surface area (Å²) in [5.74, 6) is 1.60. The van der Waals surface area contributed by atoms with E-state index < -0.39 is 0 Å². The molecule has 2 aromatic rings. The zero-order valence-electron chi connectivity index (χ0n) is 17.9. The van der Waals surface area contributed by atoms with Crippen LogP contribution in [0.1, 0.15) is 18.9 Å². The summed E-state index contributed by atoms with van der Waals surface area (Å²) in [7, 11) is 0. The second kappa shape index (κ2) is 12.2. The van der Waals surface area contributed by atoms with Crippen molar-refractivity contribution < 1.29 is 9.53 Å².